The Morgan fingerprint density at radius 2 is 2.35 bits per heavy atom. The van der Waals surface area contributed by atoms with Crippen LogP contribution in [-0.4, -0.2) is 30.0 Å². The van der Waals surface area contributed by atoms with Crippen LogP contribution in [0.5, 0.6) is 0 Å². The van der Waals surface area contributed by atoms with Gasteiger partial charge in [0.05, 0.1) is 17.5 Å². The van der Waals surface area contributed by atoms with E-state index in [-0.39, 0.29) is 11.9 Å². The molecule has 5 nitrogen and oxygen atoms in total. The lowest BCUT2D eigenvalue weighted by atomic mass is 10.1. The lowest BCUT2D eigenvalue weighted by Gasteiger charge is -2.12. The Bertz CT molecular complexity index is 602. The fourth-order valence-electron chi connectivity index (χ4n) is 2.40. The molecule has 1 saturated heterocycles. The van der Waals surface area contributed by atoms with Crippen LogP contribution in [0.2, 0.25) is 0 Å². The fourth-order valence-corrected chi connectivity index (χ4v) is 2.40. The summed E-state index contributed by atoms with van der Waals surface area (Å²) in [6.45, 7) is 3.64. The number of hydrogen-bond donors (Lipinski definition) is 2. The molecular weight excluding hydrogens is 254 g/mol. The number of carbonyl (C=O) groups excluding carboxylic acids is 1. The Labute approximate surface area is 117 Å². The van der Waals surface area contributed by atoms with E-state index in [4.69, 9.17) is 4.42 Å². The van der Waals surface area contributed by atoms with E-state index in [1.165, 1.54) is 0 Å². The number of aryl methyl sites for hydroxylation is 1. The topological polar surface area (TPSA) is 67.2 Å². The van der Waals surface area contributed by atoms with E-state index >= 15 is 0 Å². The third kappa shape index (κ3) is 2.58. The summed E-state index contributed by atoms with van der Waals surface area (Å²) < 4.78 is 5.31. The van der Waals surface area contributed by atoms with Crippen LogP contribution >= 0.6 is 0 Å². The molecule has 3 heterocycles. The molecule has 0 radical (unpaired) electrons. The number of amides is 1. The quantitative estimate of drug-likeness (QED) is 0.892. The summed E-state index contributed by atoms with van der Waals surface area (Å²) in [7, 11) is 0. The van der Waals surface area contributed by atoms with Gasteiger partial charge in [-0.15, -0.1) is 0 Å². The molecule has 0 aromatic carbocycles. The van der Waals surface area contributed by atoms with Crippen molar-refractivity contribution in [1.29, 1.82) is 0 Å². The van der Waals surface area contributed by atoms with Gasteiger partial charge < -0.3 is 15.1 Å². The molecular formula is C15H17N3O2. The molecule has 2 aromatic rings. The molecule has 3 rings (SSSR count). The van der Waals surface area contributed by atoms with Crippen molar-refractivity contribution in [3.05, 3.63) is 41.8 Å². The molecule has 1 fully saturated rings. The van der Waals surface area contributed by atoms with Gasteiger partial charge in [0.15, 0.2) is 5.76 Å². The van der Waals surface area contributed by atoms with Gasteiger partial charge in [0.2, 0.25) is 0 Å². The fraction of sp³-hybridized carbons (Fsp3) is 0.333. The molecule has 2 N–H and O–H groups in total. The lowest BCUT2D eigenvalue weighted by molar-refractivity contribution is 0.0939. The van der Waals surface area contributed by atoms with Gasteiger partial charge in [0, 0.05) is 12.6 Å². The van der Waals surface area contributed by atoms with Crippen LogP contribution in [0.25, 0.3) is 11.5 Å². The van der Waals surface area contributed by atoms with Crippen LogP contribution in [-0.2, 0) is 0 Å². The van der Waals surface area contributed by atoms with E-state index in [1.54, 1.807) is 12.3 Å². The summed E-state index contributed by atoms with van der Waals surface area (Å²) in [5.41, 5.74) is 2.07. The highest BCUT2D eigenvalue weighted by molar-refractivity contribution is 5.95. The summed E-state index contributed by atoms with van der Waals surface area (Å²) in [5, 5.41) is 6.25. The molecule has 1 aliphatic heterocycles. The van der Waals surface area contributed by atoms with Crippen molar-refractivity contribution in [2.75, 3.05) is 13.1 Å². The zero-order valence-electron chi connectivity index (χ0n) is 11.3. The first kappa shape index (κ1) is 12.9. The molecule has 1 unspecified atom stereocenters. The lowest BCUT2D eigenvalue weighted by Crippen LogP contribution is -2.36. The summed E-state index contributed by atoms with van der Waals surface area (Å²) in [6, 6.07) is 7.50. The van der Waals surface area contributed by atoms with Crippen molar-refractivity contribution in [2.24, 2.45) is 0 Å². The molecule has 0 bridgehead atoms. The first-order chi connectivity index (χ1) is 9.74. The molecule has 1 aliphatic rings. The molecule has 1 atom stereocenters. The van der Waals surface area contributed by atoms with E-state index < -0.39 is 0 Å². The van der Waals surface area contributed by atoms with Gasteiger partial charge in [-0.3, -0.25) is 4.79 Å². The molecule has 0 saturated carbocycles. The van der Waals surface area contributed by atoms with Crippen molar-refractivity contribution in [3.8, 4) is 11.5 Å². The van der Waals surface area contributed by atoms with Gasteiger partial charge in [-0.25, -0.2) is 4.98 Å². The van der Waals surface area contributed by atoms with Crippen LogP contribution in [0.4, 0.5) is 0 Å². The van der Waals surface area contributed by atoms with E-state index in [2.05, 4.69) is 15.6 Å². The van der Waals surface area contributed by atoms with Gasteiger partial charge in [-0.2, -0.15) is 0 Å². The molecule has 1 amide bonds. The second-order valence-electron chi connectivity index (χ2n) is 4.97. The van der Waals surface area contributed by atoms with E-state index in [9.17, 15) is 4.79 Å². The average Bonchev–Trinajstić information content (AvgIpc) is 3.11. The van der Waals surface area contributed by atoms with E-state index in [0.29, 0.717) is 17.0 Å². The summed E-state index contributed by atoms with van der Waals surface area (Å²) >= 11 is 0. The van der Waals surface area contributed by atoms with Crippen LogP contribution < -0.4 is 10.6 Å². The van der Waals surface area contributed by atoms with Crippen LogP contribution in [0, 0.1) is 6.92 Å². The maximum Gasteiger partial charge on any atom is 0.253 e. The summed E-state index contributed by atoms with van der Waals surface area (Å²) in [5.74, 6) is 0.648. The maximum absolute atomic E-state index is 12.2. The van der Waals surface area contributed by atoms with Crippen molar-refractivity contribution in [2.45, 2.75) is 19.4 Å². The van der Waals surface area contributed by atoms with Crippen LogP contribution in [0.1, 0.15) is 22.5 Å². The Hall–Kier alpha value is -2.14. The molecule has 0 spiro atoms. The maximum atomic E-state index is 12.2. The number of nitrogens with zero attached hydrogens (tertiary/aromatic N) is 1. The Balaban J connectivity index is 1.78. The largest absolute Gasteiger partial charge is 0.463 e. The van der Waals surface area contributed by atoms with Crippen molar-refractivity contribution in [1.82, 2.24) is 15.6 Å². The number of hydrogen-bond acceptors (Lipinski definition) is 4. The van der Waals surface area contributed by atoms with Gasteiger partial charge in [-0.05, 0) is 44.2 Å². The smallest absolute Gasteiger partial charge is 0.253 e. The Morgan fingerprint density at radius 3 is 3.00 bits per heavy atom. The number of rotatable bonds is 3. The Kier molecular flexibility index (Phi) is 3.52. The van der Waals surface area contributed by atoms with Crippen molar-refractivity contribution < 1.29 is 9.21 Å². The second-order valence-corrected chi connectivity index (χ2v) is 4.97. The highest BCUT2D eigenvalue weighted by Crippen LogP contribution is 2.19. The number of nitrogens with one attached hydrogen (secondary N) is 2. The van der Waals surface area contributed by atoms with Gasteiger partial charge in [-0.1, -0.05) is 0 Å². The van der Waals surface area contributed by atoms with Crippen LogP contribution in [0.3, 0.4) is 0 Å². The SMILES string of the molecule is Cc1nc(-c2ccco2)ccc1C(=O)NC1CCNC1. The molecule has 104 valence electrons. The van der Waals surface area contributed by atoms with Gasteiger partial charge in [0.1, 0.15) is 5.69 Å². The predicted octanol–water partition coefficient (Wildman–Crippen LogP) is 1.74. The third-order valence-electron chi connectivity index (χ3n) is 3.50. The zero-order chi connectivity index (χ0) is 13.9. The van der Waals surface area contributed by atoms with Gasteiger partial charge >= 0.3 is 0 Å². The highest BCUT2D eigenvalue weighted by Gasteiger charge is 2.19. The minimum Gasteiger partial charge on any atom is -0.463 e. The molecule has 0 aliphatic carbocycles. The molecule has 2 aromatic heterocycles. The van der Waals surface area contributed by atoms with Crippen LogP contribution in [0.15, 0.2) is 34.9 Å². The molecule has 5 heteroatoms. The molecule has 20 heavy (non-hydrogen) atoms. The minimum atomic E-state index is -0.0605. The highest BCUT2D eigenvalue weighted by atomic mass is 16.3. The number of carbonyl (C=O) groups is 1. The van der Waals surface area contributed by atoms with E-state index in [1.807, 2.05) is 25.1 Å². The van der Waals surface area contributed by atoms with Crippen molar-refractivity contribution >= 4 is 5.91 Å². The van der Waals surface area contributed by atoms with Gasteiger partial charge in [0.25, 0.3) is 5.91 Å². The summed E-state index contributed by atoms with van der Waals surface area (Å²) in [6.07, 6.45) is 2.59. The van der Waals surface area contributed by atoms with E-state index in [0.717, 1.165) is 25.2 Å². The Morgan fingerprint density at radius 1 is 1.45 bits per heavy atom. The minimum absolute atomic E-state index is 0.0605. The zero-order valence-corrected chi connectivity index (χ0v) is 11.3. The number of pyridine rings is 1. The first-order valence-electron chi connectivity index (χ1n) is 6.77. The normalized spacial score (nSPS) is 18.1. The number of furan rings is 1. The standard InChI is InChI=1S/C15H17N3O2/c1-10-12(15(19)18-11-6-7-16-9-11)4-5-13(17-10)14-3-2-8-20-14/h2-5,8,11,16H,6-7,9H2,1H3,(H,18,19). The third-order valence-corrected chi connectivity index (χ3v) is 3.50. The average molecular weight is 271 g/mol. The van der Waals surface area contributed by atoms with Crippen molar-refractivity contribution in [3.63, 3.8) is 0 Å². The first-order valence-corrected chi connectivity index (χ1v) is 6.77. The summed E-state index contributed by atoms with van der Waals surface area (Å²) in [4.78, 5) is 16.7. The second kappa shape index (κ2) is 5.46. The monoisotopic (exact) mass is 271 g/mol. The predicted molar refractivity (Wildman–Crippen MR) is 75.4 cm³/mol. The number of aromatic nitrogens is 1.